The van der Waals surface area contributed by atoms with Crippen molar-refractivity contribution < 1.29 is 15.9 Å². The molecule has 0 aromatic carbocycles. The van der Waals surface area contributed by atoms with Gasteiger partial charge < -0.3 is 4.98 Å². The first-order valence-electron chi connectivity index (χ1n) is 2.22. The first-order chi connectivity index (χ1) is 4.41. The topological polar surface area (TPSA) is 60.6 Å². The van der Waals surface area contributed by atoms with Crippen LogP contribution in [0, 0.1) is 14.6 Å². The van der Waals surface area contributed by atoms with Gasteiger partial charge in [0.05, 0.1) is 0 Å². The molecular formula is C5H6N3V-. The molecule has 3 nitrogen and oxygen atoms in total. The molecule has 0 aliphatic rings. The summed E-state index contributed by atoms with van der Waals surface area (Å²) in [6.45, 7) is 0. The van der Waals surface area contributed by atoms with Gasteiger partial charge in [0.2, 0.25) is 0 Å². The summed E-state index contributed by atoms with van der Waals surface area (Å²) >= 11 is -0.812. The summed E-state index contributed by atoms with van der Waals surface area (Å²) in [5.41, 5.74) is 0. The van der Waals surface area contributed by atoms with E-state index in [-0.39, 0.29) is 0 Å². The summed E-state index contributed by atoms with van der Waals surface area (Å²) in [4.78, 5) is 3.66. The van der Waals surface area contributed by atoms with Gasteiger partial charge in [-0.2, -0.15) is 18.2 Å². The van der Waals surface area contributed by atoms with Gasteiger partial charge in [-0.3, -0.25) is 0 Å². The van der Waals surface area contributed by atoms with Gasteiger partial charge >= 0.3 is 24.3 Å². The predicted molar refractivity (Wildman–Crippen MR) is 28.5 cm³/mol. The standard InChI is InChI=1S/C5H4N.2HN.V/c1-2-4-6-5-3-1;;;/h1-4H;2*1H;/q-1;;;. The Bertz CT molecular complexity index is 142. The van der Waals surface area contributed by atoms with E-state index in [0.717, 1.165) is 0 Å². The van der Waals surface area contributed by atoms with Gasteiger partial charge in [0, 0.05) is 0 Å². The number of hydrogen-bond acceptors (Lipinski definition) is 3. The molecule has 0 aliphatic heterocycles. The molecule has 9 heavy (non-hydrogen) atoms. The second kappa shape index (κ2) is 7.33. The van der Waals surface area contributed by atoms with Crippen molar-refractivity contribution in [2.45, 2.75) is 0 Å². The third kappa shape index (κ3) is 7.33. The summed E-state index contributed by atoms with van der Waals surface area (Å²) in [5, 5.41) is 0. The molecule has 0 bridgehead atoms. The molecule has 0 unspecified atom stereocenters. The average Bonchev–Trinajstić information content (AvgIpc) is 1.93. The number of pyridine rings is 1. The van der Waals surface area contributed by atoms with Gasteiger partial charge in [0.25, 0.3) is 0 Å². The number of aromatic nitrogens is 1. The Hall–Kier alpha value is -0.666. The minimum absolute atomic E-state index is 0.812. The quantitative estimate of drug-likeness (QED) is 0.553. The van der Waals surface area contributed by atoms with Crippen molar-refractivity contribution in [3.63, 3.8) is 0 Å². The van der Waals surface area contributed by atoms with Crippen LogP contribution >= 0.6 is 0 Å². The van der Waals surface area contributed by atoms with Gasteiger partial charge in [0.15, 0.2) is 0 Å². The molecule has 4 heteroatoms. The largest absolute Gasteiger partial charge is 0.394 e. The molecule has 0 atom stereocenters. The predicted octanol–water partition coefficient (Wildman–Crippen LogP) is 1.48. The Kier molecular flexibility index (Phi) is 6.79. The molecule has 2 N–H and O–H groups in total. The maximum absolute atomic E-state index is 5.97. The zero-order chi connectivity index (χ0) is 6.95. The normalized spacial score (nSPS) is 6.22. The minimum Gasteiger partial charge on any atom is -0.394 e. The van der Waals surface area contributed by atoms with Crippen molar-refractivity contribution >= 4 is 0 Å². The molecule has 0 fully saturated rings. The molecule has 0 amide bonds. The van der Waals surface area contributed by atoms with Crippen molar-refractivity contribution in [3.05, 3.63) is 30.6 Å². The summed E-state index contributed by atoms with van der Waals surface area (Å²) in [6.07, 6.45) is 4.34. The Labute approximate surface area is 60.4 Å². The third-order valence-electron chi connectivity index (χ3n) is 0.517. The fourth-order valence-electron chi connectivity index (χ4n) is 0.277. The van der Waals surface area contributed by atoms with Crippen molar-refractivity contribution in [3.8, 4) is 0 Å². The van der Waals surface area contributed by atoms with Crippen molar-refractivity contribution in [2.24, 2.45) is 0 Å². The number of hydrogen-bond donors (Lipinski definition) is 2. The molecule has 0 saturated carbocycles. The fraction of sp³-hybridized carbons (Fsp3) is 0. The van der Waals surface area contributed by atoms with Gasteiger partial charge in [-0.1, -0.05) is 12.4 Å². The summed E-state index contributed by atoms with van der Waals surface area (Å²) in [6, 6.07) is 5.50. The zero-order valence-electron chi connectivity index (χ0n) is 4.70. The van der Waals surface area contributed by atoms with E-state index in [9.17, 15) is 0 Å². The van der Waals surface area contributed by atoms with Crippen LogP contribution in [0.25, 0.3) is 0 Å². The molecule has 1 heterocycles. The van der Waals surface area contributed by atoms with Crippen molar-refractivity contribution in [2.75, 3.05) is 0 Å². The van der Waals surface area contributed by atoms with Crippen molar-refractivity contribution in [1.29, 1.82) is 8.42 Å². The van der Waals surface area contributed by atoms with Gasteiger partial charge in [-0.05, 0) is 0 Å². The van der Waals surface area contributed by atoms with E-state index in [0.29, 0.717) is 0 Å². The SMILES string of the molecule is [NH]=[V]=[NH].[c-]1ccccn1. The molecule has 0 spiro atoms. The Morgan fingerprint density at radius 1 is 1.33 bits per heavy atom. The van der Waals surface area contributed by atoms with E-state index in [1.54, 1.807) is 12.3 Å². The Balaban J connectivity index is 0.000000187. The average molecular weight is 159 g/mol. The van der Waals surface area contributed by atoms with E-state index in [4.69, 9.17) is 8.42 Å². The van der Waals surface area contributed by atoms with E-state index in [1.165, 1.54) is 0 Å². The van der Waals surface area contributed by atoms with E-state index < -0.39 is 15.9 Å². The third-order valence-corrected chi connectivity index (χ3v) is 0.517. The van der Waals surface area contributed by atoms with Crippen LogP contribution in [0.15, 0.2) is 24.4 Å². The zero-order valence-corrected chi connectivity index (χ0v) is 6.10. The van der Waals surface area contributed by atoms with Gasteiger partial charge in [0.1, 0.15) is 0 Å². The van der Waals surface area contributed by atoms with E-state index >= 15 is 0 Å². The van der Waals surface area contributed by atoms with Crippen LogP contribution in [0.5, 0.6) is 0 Å². The van der Waals surface area contributed by atoms with Gasteiger partial charge in [-0.25, -0.2) is 0 Å². The van der Waals surface area contributed by atoms with Crippen LogP contribution in [0.4, 0.5) is 0 Å². The van der Waals surface area contributed by atoms with Crippen LogP contribution < -0.4 is 0 Å². The van der Waals surface area contributed by atoms with Gasteiger partial charge in [-0.15, -0.1) is 0 Å². The Morgan fingerprint density at radius 3 is 2.11 bits per heavy atom. The minimum atomic E-state index is -0.812. The molecule has 0 radical (unpaired) electrons. The first kappa shape index (κ1) is 8.33. The summed E-state index contributed by atoms with van der Waals surface area (Å²) in [7, 11) is 0. The fourth-order valence-corrected chi connectivity index (χ4v) is 0.277. The molecule has 1 aromatic heterocycles. The maximum atomic E-state index is 5.97. The molecular weight excluding hydrogens is 153 g/mol. The molecule has 0 aliphatic carbocycles. The van der Waals surface area contributed by atoms with Crippen LogP contribution in [-0.4, -0.2) is 4.98 Å². The maximum Gasteiger partial charge on any atom is -0.0813 e. The second-order valence-electron chi connectivity index (χ2n) is 1.07. The van der Waals surface area contributed by atoms with E-state index in [1.807, 2.05) is 12.1 Å². The summed E-state index contributed by atoms with van der Waals surface area (Å²) in [5.74, 6) is 0. The molecule has 1 aromatic rings. The first-order valence-corrected chi connectivity index (χ1v) is 3.61. The van der Waals surface area contributed by atoms with Crippen LogP contribution in [0.2, 0.25) is 0 Å². The number of rotatable bonds is 0. The second-order valence-corrected chi connectivity index (χ2v) is 1.42. The van der Waals surface area contributed by atoms with Crippen LogP contribution in [0.1, 0.15) is 0 Å². The molecule has 0 saturated heterocycles. The monoisotopic (exact) mass is 159 g/mol. The Morgan fingerprint density at radius 2 is 2.00 bits per heavy atom. The van der Waals surface area contributed by atoms with Crippen molar-refractivity contribution in [1.82, 2.24) is 4.98 Å². The molecule has 1 rings (SSSR count). The van der Waals surface area contributed by atoms with Crippen LogP contribution in [0.3, 0.4) is 0 Å². The smallest absolute Gasteiger partial charge is 0.0813 e. The number of nitrogens with zero attached hydrogens (tertiary/aromatic N) is 1. The number of nitrogens with one attached hydrogen (secondary N) is 2. The summed E-state index contributed by atoms with van der Waals surface area (Å²) < 4.78 is 11.9. The van der Waals surface area contributed by atoms with Crippen LogP contribution in [-0.2, 0) is 15.9 Å². The van der Waals surface area contributed by atoms with E-state index in [2.05, 4.69) is 11.2 Å². The molecule has 47 valence electrons.